The van der Waals surface area contributed by atoms with E-state index in [9.17, 15) is 9.59 Å². The van der Waals surface area contributed by atoms with Crippen LogP contribution in [0, 0.1) is 0 Å². The molecule has 0 spiro atoms. The Hall–Kier alpha value is -1.85. The van der Waals surface area contributed by atoms with E-state index in [0.717, 1.165) is 24.9 Å². The van der Waals surface area contributed by atoms with E-state index in [-0.39, 0.29) is 29.9 Å². The lowest BCUT2D eigenvalue weighted by Gasteiger charge is -2.10. The smallest absolute Gasteiger partial charge is 0.349 e. The maximum absolute atomic E-state index is 12.1. The number of nitrogens with one attached hydrogen (secondary N) is 2. The minimum atomic E-state index is -0.595. The van der Waals surface area contributed by atoms with E-state index in [1.54, 1.807) is 18.2 Å². The van der Waals surface area contributed by atoms with Crippen LogP contribution >= 0.6 is 12.4 Å². The number of carbonyl (C=O) groups is 1. The molecule has 0 radical (unpaired) electrons. The van der Waals surface area contributed by atoms with Crippen LogP contribution < -0.4 is 16.3 Å². The second-order valence-corrected chi connectivity index (χ2v) is 4.65. The van der Waals surface area contributed by atoms with E-state index in [1.165, 1.54) is 0 Å². The van der Waals surface area contributed by atoms with Crippen LogP contribution in [0.5, 0.6) is 0 Å². The third kappa shape index (κ3) is 2.84. The van der Waals surface area contributed by atoms with Gasteiger partial charge in [-0.1, -0.05) is 18.2 Å². The summed E-state index contributed by atoms with van der Waals surface area (Å²) in [7, 11) is 0. The summed E-state index contributed by atoms with van der Waals surface area (Å²) in [5.74, 6) is -0.367. The Labute approximate surface area is 121 Å². The van der Waals surface area contributed by atoms with Crippen LogP contribution in [0.3, 0.4) is 0 Å². The number of carbonyl (C=O) groups excluding carboxylic acids is 1. The number of rotatable bonds is 2. The average Bonchev–Trinajstić information content (AvgIpc) is 2.90. The summed E-state index contributed by atoms with van der Waals surface area (Å²) in [5, 5.41) is 6.74. The van der Waals surface area contributed by atoms with E-state index in [4.69, 9.17) is 4.42 Å². The number of halogens is 1. The van der Waals surface area contributed by atoms with Gasteiger partial charge in [0.2, 0.25) is 0 Å². The molecule has 1 amide bonds. The highest BCUT2D eigenvalue weighted by molar-refractivity contribution is 5.96. The molecule has 0 saturated carbocycles. The average molecular weight is 295 g/mol. The predicted octanol–water partition coefficient (Wildman–Crippen LogP) is 1.31. The zero-order valence-corrected chi connectivity index (χ0v) is 11.5. The number of hydrogen-bond donors (Lipinski definition) is 2. The van der Waals surface area contributed by atoms with Gasteiger partial charge in [0.25, 0.3) is 5.91 Å². The summed E-state index contributed by atoms with van der Waals surface area (Å²) >= 11 is 0. The van der Waals surface area contributed by atoms with Crippen molar-refractivity contribution in [1.82, 2.24) is 10.6 Å². The van der Waals surface area contributed by atoms with E-state index in [1.807, 2.05) is 12.1 Å². The van der Waals surface area contributed by atoms with Crippen LogP contribution in [0.2, 0.25) is 0 Å². The Bertz CT molecular complexity index is 677. The summed E-state index contributed by atoms with van der Waals surface area (Å²) < 4.78 is 5.15. The molecule has 2 N–H and O–H groups in total. The lowest BCUT2D eigenvalue weighted by molar-refractivity contribution is 0.0936. The monoisotopic (exact) mass is 294 g/mol. The van der Waals surface area contributed by atoms with Gasteiger partial charge in [0.15, 0.2) is 0 Å². The van der Waals surface area contributed by atoms with Crippen molar-refractivity contribution in [2.45, 2.75) is 12.5 Å². The largest absolute Gasteiger partial charge is 0.422 e. The molecular formula is C14H15ClN2O3. The maximum atomic E-state index is 12.1. The predicted molar refractivity (Wildman–Crippen MR) is 78.5 cm³/mol. The summed E-state index contributed by atoms with van der Waals surface area (Å²) in [6.45, 7) is 1.63. The van der Waals surface area contributed by atoms with Gasteiger partial charge in [-0.2, -0.15) is 0 Å². The van der Waals surface area contributed by atoms with Crippen LogP contribution in [0.25, 0.3) is 11.0 Å². The number of para-hydroxylation sites is 1. The number of fused-ring (bicyclic) bond motifs is 1. The van der Waals surface area contributed by atoms with Crippen molar-refractivity contribution in [2.75, 3.05) is 13.1 Å². The van der Waals surface area contributed by atoms with Gasteiger partial charge in [0.1, 0.15) is 11.1 Å². The third-order valence-electron chi connectivity index (χ3n) is 3.28. The normalized spacial score (nSPS) is 17.7. The molecule has 5 nitrogen and oxygen atoms in total. The Kier molecular flexibility index (Phi) is 4.42. The second-order valence-electron chi connectivity index (χ2n) is 4.65. The van der Waals surface area contributed by atoms with Gasteiger partial charge in [-0.05, 0) is 25.1 Å². The first-order valence-electron chi connectivity index (χ1n) is 6.28. The molecule has 20 heavy (non-hydrogen) atoms. The minimum absolute atomic E-state index is 0. The van der Waals surface area contributed by atoms with E-state index in [2.05, 4.69) is 10.6 Å². The van der Waals surface area contributed by atoms with Gasteiger partial charge >= 0.3 is 5.63 Å². The fraction of sp³-hybridized carbons (Fsp3) is 0.286. The molecule has 0 bridgehead atoms. The van der Waals surface area contributed by atoms with E-state index in [0.29, 0.717) is 5.58 Å². The van der Waals surface area contributed by atoms with Gasteiger partial charge < -0.3 is 15.1 Å². The van der Waals surface area contributed by atoms with Crippen molar-refractivity contribution >= 4 is 29.3 Å². The highest BCUT2D eigenvalue weighted by Crippen LogP contribution is 2.12. The number of benzene rings is 1. The van der Waals surface area contributed by atoms with Gasteiger partial charge in [-0.3, -0.25) is 4.79 Å². The van der Waals surface area contributed by atoms with Crippen LogP contribution in [0.15, 0.2) is 39.5 Å². The second kappa shape index (κ2) is 6.07. The summed E-state index contributed by atoms with van der Waals surface area (Å²) in [4.78, 5) is 23.9. The number of hydrogen-bond acceptors (Lipinski definition) is 4. The van der Waals surface area contributed by atoms with Crippen molar-refractivity contribution in [2.24, 2.45) is 0 Å². The van der Waals surface area contributed by atoms with E-state index >= 15 is 0 Å². The first-order valence-corrected chi connectivity index (χ1v) is 6.28. The van der Waals surface area contributed by atoms with Crippen molar-refractivity contribution in [3.05, 3.63) is 46.3 Å². The van der Waals surface area contributed by atoms with Crippen LogP contribution in [-0.2, 0) is 0 Å². The molecule has 2 aromatic rings. The third-order valence-corrected chi connectivity index (χ3v) is 3.28. The molecule has 1 aliphatic rings. The van der Waals surface area contributed by atoms with Crippen molar-refractivity contribution in [3.8, 4) is 0 Å². The zero-order valence-electron chi connectivity index (χ0n) is 10.7. The summed E-state index contributed by atoms with van der Waals surface area (Å²) in [6, 6.07) is 8.81. The van der Waals surface area contributed by atoms with Crippen molar-refractivity contribution < 1.29 is 9.21 Å². The molecule has 2 heterocycles. The molecule has 1 aromatic carbocycles. The lowest BCUT2D eigenvalue weighted by atomic mass is 10.1. The molecule has 1 unspecified atom stereocenters. The van der Waals surface area contributed by atoms with Crippen molar-refractivity contribution in [1.29, 1.82) is 0 Å². The Balaban J connectivity index is 0.00000147. The molecule has 1 atom stereocenters. The highest BCUT2D eigenvalue weighted by atomic mass is 35.5. The quantitative estimate of drug-likeness (QED) is 0.819. The van der Waals surface area contributed by atoms with Gasteiger partial charge in [0, 0.05) is 18.0 Å². The van der Waals surface area contributed by atoms with Crippen LogP contribution in [0.1, 0.15) is 16.8 Å². The molecule has 1 fully saturated rings. The highest BCUT2D eigenvalue weighted by Gasteiger charge is 2.20. The van der Waals surface area contributed by atoms with Gasteiger partial charge in [-0.15, -0.1) is 12.4 Å². The summed E-state index contributed by atoms with van der Waals surface area (Å²) in [6.07, 6.45) is 0.880. The fourth-order valence-electron chi connectivity index (χ4n) is 2.26. The van der Waals surface area contributed by atoms with E-state index < -0.39 is 5.63 Å². The molecule has 1 aromatic heterocycles. The maximum Gasteiger partial charge on any atom is 0.349 e. The molecular weight excluding hydrogens is 280 g/mol. The van der Waals surface area contributed by atoms with Gasteiger partial charge in [-0.25, -0.2) is 4.79 Å². The van der Waals surface area contributed by atoms with Crippen LogP contribution in [0.4, 0.5) is 0 Å². The molecule has 1 aliphatic heterocycles. The molecule has 0 aliphatic carbocycles. The fourth-order valence-corrected chi connectivity index (χ4v) is 2.26. The minimum Gasteiger partial charge on any atom is -0.422 e. The topological polar surface area (TPSA) is 71.3 Å². The Morgan fingerprint density at radius 3 is 2.90 bits per heavy atom. The standard InChI is InChI=1S/C14H14N2O3.ClH/c17-13(16-10-5-6-15-8-10)11-7-9-3-1-2-4-12(9)19-14(11)18;/h1-4,7,10,15H,5-6,8H2,(H,16,17);1H. The Morgan fingerprint density at radius 2 is 2.15 bits per heavy atom. The first kappa shape index (κ1) is 14.6. The first-order chi connectivity index (χ1) is 9.24. The van der Waals surface area contributed by atoms with Crippen molar-refractivity contribution in [3.63, 3.8) is 0 Å². The lowest BCUT2D eigenvalue weighted by Crippen LogP contribution is -2.38. The molecule has 106 valence electrons. The zero-order chi connectivity index (χ0) is 13.2. The van der Waals surface area contributed by atoms with Gasteiger partial charge in [0.05, 0.1) is 0 Å². The molecule has 3 rings (SSSR count). The summed E-state index contributed by atoms with van der Waals surface area (Å²) in [5.41, 5.74) is -0.0423. The SMILES string of the molecule is Cl.O=C(NC1CCNC1)c1cc2ccccc2oc1=O. The Morgan fingerprint density at radius 1 is 1.35 bits per heavy atom. The van der Waals surface area contributed by atoms with Crippen LogP contribution in [-0.4, -0.2) is 25.0 Å². The molecule has 1 saturated heterocycles. The molecule has 6 heteroatoms. The number of amides is 1.